The van der Waals surface area contributed by atoms with Gasteiger partial charge >= 0.3 is 0 Å². The summed E-state index contributed by atoms with van der Waals surface area (Å²) in [6.45, 7) is 2.83. The van der Waals surface area contributed by atoms with E-state index in [-0.39, 0.29) is 17.9 Å². The van der Waals surface area contributed by atoms with Gasteiger partial charge in [-0.1, -0.05) is 29.8 Å². The molecule has 3 aromatic carbocycles. The first kappa shape index (κ1) is 20.8. The Morgan fingerprint density at radius 1 is 1.13 bits per heavy atom. The first-order valence-corrected chi connectivity index (χ1v) is 10.4. The summed E-state index contributed by atoms with van der Waals surface area (Å²) in [6.07, 6.45) is 0. The molecular formula is C25H22ClN3O2. The molecule has 31 heavy (non-hydrogen) atoms. The Balaban J connectivity index is 1.59. The minimum atomic E-state index is -0.297. The van der Waals surface area contributed by atoms with Crippen LogP contribution in [0.2, 0.25) is 5.02 Å². The SMILES string of the molecule is CCN1c2cc(OC)ccc2C(C#N)C1c1ccc(C(=O)Nc2ccc(Cl)cc2)cc1. The third-order valence-corrected chi connectivity index (χ3v) is 5.88. The molecular weight excluding hydrogens is 410 g/mol. The minimum absolute atomic E-state index is 0.120. The highest BCUT2D eigenvalue weighted by Crippen LogP contribution is 2.49. The van der Waals surface area contributed by atoms with Crippen molar-refractivity contribution in [2.75, 3.05) is 23.9 Å². The van der Waals surface area contributed by atoms with Crippen LogP contribution >= 0.6 is 11.6 Å². The summed E-state index contributed by atoms with van der Waals surface area (Å²) in [5, 5.41) is 13.4. The van der Waals surface area contributed by atoms with Gasteiger partial charge in [0.25, 0.3) is 5.91 Å². The third-order valence-electron chi connectivity index (χ3n) is 5.63. The van der Waals surface area contributed by atoms with Crippen molar-refractivity contribution in [1.29, 1.82) is 5.26 Å². The standard InChI is InChI=1S/C25H22ClN3O2/c1-3-29-23-14-20(31-2)12-13-21(23)22(15-27)24(29)16-4-6-17(7-5-16)25(30)28-19-10-8-18(26)9-11-19/h4-14,22,24H,3H2,1-2H3,(H,28,30). The molecule has 0 radical (unpaired) electrons. The van der Waals surface area contributed by atoms with Crippen LogP contribution in [0.25, 0.3) is 0 Å². The van der Waals surface area contributed by atoms with Gasteiger partial charge in [0, 0.05) is 34.6 Å². The van der Waals surface area contributed by atoms with E-state index in [1.807, 2.05) is 30.3 Å². The van der Waals surface area contributed by atoms with Crippen LogP contribution in [0.4, 0.5) is 11.4 Å². The predicted octanol–water partition coefficient (Wildman–Crippen LogP) is 5.79. The van der Waals surface area contributed by atoms with E-state index in [1.54, 1.807) is 43.5 Å². The van der Waals surface area contributed by atoms with Gasteiger partial charge in [-0.25, -0.2) is 0 Å². The van der Waals surface area contributed by atoms with Crippen LogP contribution in [0.5, 0.6) is 5.75 Å². The van der Waals surface area contributed by atoms with Crippen molar-refractivity contribution in [3.8, 4) is 11.8 Å². The zero-order chi connectivity index (χ0) is 22.0. The van der Waals surface area contributed by atoms with Crippen molar-refractivity contribution in [2.45, 2.75) is 18.9 Å². The summed E-state index contributed by atoms with van der Waals surface area (Å²) in [5.74, 6) is 0.274. The molecule has 0 bridgehead atoms. The number of ether oxygens (including phenoxy) is 1. The van der Waals surface area contributed by atoms with Crippen LogP contribution in [0.1, 0.15) is 40.4 Å². The van der Waals surface area contributed by atoms with Crippen LogP contribution < -0.4 is 15.0 Å². The van der Waals surface area contributed by atoms with Crippen LogP contribution in [0, 0.1) is 11.3 Å². The maximum atomic E-state index is 12.6. The van der Waals surface area contributed by atoms with Gasteiger partial charge in [0.15, 0.2) is 0 Å². The predicted molar refractivity (Wildman–Crippen MR) is 123 cm³/mol. The van der Waals surface area contributed by atoms with Crippen molar-refractivity contribution in [2.24, 2.45) is 0 Å². The zero-order valence-electron chi connectivity index (χ0n) is 17.3. The Hall–Kier alpha value is -3.49. The molecule has 0 aromatic heterocycles. The summed E-state index contributed by atoms with van der Waals surface area (Å²) in [7, 11) is 1.64. The summed E-state index contributed by atoms with van der Waals surface area (Å²) < 4.78 is 5.38. The van der Waals surface area contributed by atoms with E-state index in [4.69, 9.17) is 16.3 Å². The highest BCUT2D eigenvalue weighted by Gasteiger charge is 2.39. The molecule has 0 spiro atoms. The van der Waals surface area contributed by atoms with E-state index in [0.29, 0.717) is 16.3 Å². The Morgan fingerprint density at radius 2 is 1.84 bits per heavy atom. The molecule has 4 rings (SSSR count). The van der Waals surface area contributed by atoms with Gasteiger partial charge in [0.2, 0.25) is 0 Å². The fourth-order valence-corrected chi connectivity index (χ4v) is 4.24. The number of carbonyl (C=O) groups is 1. The number of nitrogens with zero attached hydrogens (tertiary/aromatic N) is 2. The number of likely N-dealkylation sites (N-methyl/N-ethyl adjacent to an activating group) is 1. The number of benzene rings is 3. The maximum absolute atomic E-state index is 12.6. The number of anilines is 2. The van der Waals surface area contributed by atoms with Gasteiger partial charge in [-0.3, -0.25) is 4.79 Å². The molecule has 6 heteroatoms. The number of nitriles is 1. The van der Waals surface area contributed by atoms with Crippen molar-refractivity contribution >= 4 is 28.9 Å². The van der Waals surface area contributed by atoms with Crippen LogP contribution in [0.15, 0.2) is 66.7 Å². The molecule has 1 aliphatic heterocycles. The number of carbonyl (C=O) groups excluding carboxylic acids is 1. The normalized spacial score (nSPS) is 17.0. The Bertz CT molecular complexity index is 1140. The van der Waals surface area contributed by atoms with Gasteiger partial charge in [0.05, 0.1) is 25.1 Å². The van der Waals surface area contributed by atoms with E-state index in [1.165, 1.54) is 0 Å². The van der Waals surface area contributed by atoms with Crippen LogP contribution in [0.3, 0.4) is 0 Å². The van der Waals surface area contributed by atoms with Gasteiger partial charge < -0.3 is 15.0 Å². The topological polar surface area (TPSA) is 65.4 Å². The lowest BCUT2D eigenvalue weighted by Crippen LogP contribution is -2.26. The minimum Gasteiger partial charge on any atom is -0.497 e. The summed E-state index contributed by atoms with van der Waals surface area (Å²) in [4.78, 5) is 14.8. The molecule has 5 nitrogen and oxygen atoms in total. The number of fused-ring (bicyclic) bond motifs is 1. The Morgan fingerprint density at radius 3 is 2.45 bits per heavy atom. The maximum Gasteiger partial charge on any atom is 0.255 e. The van der Waals surface area contributed by atoms with Crippen molar-refractivity contribution in [3.63, 3.8) is 0 Å². The number of nitrogens with one attached hydrogen (secondary N) is 1. The van der Waals surface area contributed by atoms with E-state index >= 15 is 0 Å². The molecule has 2 atom stereocenters. The monoisotopic (exact) mass is 431 g/mol. The lowest BCUT2D eigenvalue weighted by Gasteiger charge is -2.28. The molecule has 0 saturated heterocycles. The molecule has 0 aliphatic carbocycles. The van der Waals surface area contributed by atoms with E-state index in [0.717, 1.165) is 29.1 Å². The highest BCUT2D eigenvalue weighted by molar-refractivity contribution is 6.30. The molecule has 1 amide bonds. The number of amides is 1. The molecule has 1 aliphatic rings. The van der Waals surface area contributed by atoms with Crippen molar-refractivity contribution < 1.29 is 9.53 Å². The summed E-state index contributed by atoms with van der Waals surface area (Å²) >= 11 is 5.90. The molecule has 1 heterocycles. The summed E-state index contributed by atoms with van der Waals surface area (Å²) in [5.41, 5.74) is 4.24. The van der Waals surface area contributed by atoms with Crippen LogP contribution in [-0.4, -0.2) is 19.6 Å². The average molecular weight is 432 g/mol. The second-order valence-corrected chi connectivity index (χ2v) is 7.78. The third kappa shape index (κ3) is 3.95. The Kier molecular flexibility index (Phi) is 5.83. The molecule has 156 valence electrons. The van der Waals surface area contributed by atoms with Gasteiger partial charge in [-0.15, -0.1) is 0 Å². The van der Waals surface area contributed by atoms with Gasteiger partial charge in [0.1, 0.15) is 5.75 Å². The quantitative estimate of drug-likeness (QED) is 0.555. The number of hydrogen-bond acceptors (Lipinski definition) is 4. The number of hydrogen-bond donors (Lipinski definition) is 1. The molecule has 1 N–H and O–H groups in total. The number of halogens is 1. The van der Waals surface area contributed by atoms with Crippen molar-refractivity contribution in [3.05, 3.63) is 88.4 Å². The zero-order valence-corrected chi connectivity index (χ0v) is 18.1. The molecule has 0 fully saturated rings. The smallest absolute Gasteiger partial charge is 0.255 e. The largest absolute Gasteiger partial charge is 0.497 e. The summed E-state index contributed by atoms with van der Waals surface area (Å²) in [6, 6.07) is 22.6. The number of methoxy groups -OCH3 is 1. The van der Waals surface area contributed by atoms with E-state index in [9.17, 15) is 10.1 Å². The van der Waals surface area contributed by atoms with Gasteiger partial charge in [-0.2, -0.15) is 5.26 Å². The average Bonchev–Trinajstić information content (AvgIpc) is 3.13. The highest BCUT2D eigenvalue weighted by atomic mass is 35.5. The van der Waals surface area contributed by atoms with E-state index in [2.05, 4.69) is 23.2 Å². The lowest BCUT2D eigenvalue weighted by molar-refractivity contribution is 0.102. The second kappa shape index (κ2) is 8.71. The molecule has 0 saturated carbocycles. The van der Waals surface area contributed by atoms with E-state index < -0.39 is 0 Å². The lowest BCUT2D eigenvalue weighted by atomic mass is 9.91. The fourth-order valence-electron chi connectivity index (χ4n) is 4.11. The Labute approximate surface area is 186 Å². The van der Waals surface area contributed by atoms with Gasteiger partial charge in [-0.05, 0) is 60.5 Å². The van der Waals surface area contributed by atoms with Crippen molar-refractivity contribution in [1.82, 2.24) is 0 Å². The van der Waals surface area contributed by atoms with Crippen LogP contribution in [-0.2, 0) is 0 Å². The second-order valence-electron chi connectivity index (χ2n) is 7.35. The first-order chi connectivity index (χ1) is 15.0. The fraction of sp³-hybridized carbons (Fsp3) is 0.200. The first-order valence-electron chi connectivity index (χ1n) is 10.1. The molecule has 3 aromatic rings. The number of rotatable bonds is 5. The molecule has 2 unspecified atom stereocenters.